The van der Waals surface area contributed by atoms with E-state index in [9.17, 15) is 4.79 Å². The topological polar surface area (TPSA) is 68.5 Å². The highest BCUT2D eigenvalue weighted by Gasteiger charge is 2.30. The first-order valence-electron chi connectivity index (χ1n) is 7.41. The molecule has 0 spiro atoms. The molecule has 7 heteroatoms. The molecule has 2 atom stereocenters. The number of likely N-dealkylation sites (tertiary alicyclic amines) is 1. The van der Waals surface area contributed by atoms with Crippen LogP contribution in [-0.4, -0.2) is 46.5 Å². The molecule has 0 N–H and O–H groups in total. The molecule has 1 aromatic heterocycles. The van der Waals surface area contributed by atoms with Crippen LogP contribution in [0.3, 0.4) is 0 Å². The molecular weight excluding hydrogens is 290 g/mol. The van der Waals surface area contributed by atoms with Crippen LogP contribution in [0.1, 0.15) is 50.1 Å². The third kappa shape index (κ3) is 4.20. The smallest absolute Gasteiger partial charge is 0.323 e. The highest BCUT2D eigenvalue weighted by Crippen LogP contribution is 2.26. The molecule has 6 nitrogen and oxygen atoms in total. The van der Waals surface area contributed by atoms with E-state index >= 15 is 0 Å². The fraction of sp³-hybridized carbons (Fsp3) is 0.786. The molecule has 0 amide bonds. The van der Waals surface area contributed by atoms with Crippen LogP contribution in [0.5, 0.6) is 0 Å². The Morgan fingerprint density at radius 1 is 1.57 bits per heavy atom. The molecule has 21 heavy (non-hydrogen) atoms. The van der Waals surface area contributed by atoms with E-state index in [0.29, 0.717) is 12.4 Å². The molecule has 2 heterocycles. The standard InChI is InChI=1S/C14H23N3O3S/c1-4-21-10(2)13-15-12(20-16-13)9-17-8-6-5-7-11(17)14(18)19-3/h10-11H,4-9H2,1-3H3/t10-,11+/m1/s1. The Morgan fingerprint density at radius 2 is 2.38 bits per heavy atom. The first-order valence-corrected chi connectivity index (χ1v) is 8.46. The van der Waals surface area contributed by atoms with Crippen LogP contribution in [-0.2, 0) is 16.1 Å². The molecule has 1 saturated heterocycles. The summed E-state index contributed by atoms with van der Waals surface area (Å²) in [6, 6.07) is -0.193. The molecule has 0 unspecified atom stereocenters. The Balaban J connectivity index is 2.00. The average Bonchev–Trinajstić information content (AvgIpc) is 2.96. The Labute approximate surface area is 129 Å². The number of aromatic nitrogens is 2. The maximum atomic E-state index is 11.8. The second kappa shape index (κ2) is 7.79. The molecule has 1 aliphatic heterocycles. The Kier molecular flexibility index (Phi) is 6.05. The third-order valence-electron chi connectivity index (χ3n) is 3.69. The van der Waals surface area contributed by atoms with Crippen molar-refractivity contribution in [2.24, 2.45) is 0 Å². The predicted molar refractivity (Wildman–Crippen MR) is 80.9 cm³/mol. The van der Waals surface area contributed by atoms with Gasteiger partial charge in [-0.15, -0.1) is 0 Å². The molecule has 0 bridgehead atoms. The first-order chi connectivity index (χ1) is 10.2. The predicted octanol–water partition coefficient (Wildman–Crippen LogP) is 2.41. The van der Waals surface area contributed by atoms with E-state index in [4.69, 9.17) is 9.26 Å². The molecular formula is C14H23N3O3S. The van der Waals surface area contributed by atoms with E-state index in [1.165, 1.54) is 7.11 Å². The monoisotopic (exact) mass is 313 g/mol. The lowest BCUT2D eigenvalue weighted by Crippen LogP contribution is -2.44. The summed E-state index contributed by atoms with van der Waals surface area (Å²) in [6.07, 6.45) is 2.96. The highest BCUT2D eigenvalue weighted by atomic mass is 32.2. The molecule has 0 saturated carbocycles. The minimum atomic E-state index is -0.193. The van der Waals surface area contributed by atoms with Crippen molar-refractivity contribution in [3.8, 4) is 0 Å². The minimum Gasteiger partial charge on any atom is -0.468 e. The Bertz CT molecular complexity index is 466. The number of carbonyl (C=O) groups is 1. The van der Waals surface area contributed by atoms with Crippen molar-refractivity contribution in [2.75, 3.05) is 19.4 Å². The van der Waals surface area contributed by atoms with Crippen LogP contribution in [0.25, 0.3) is 0 Å². The van der Waals surface area contributed by atoms with Gasteiger partial charge in [0.05, 0.1) is 18.9 Å². The van der Waals surface area contributed by atoms with Crippen molar-refractivity contribution in [3.63, 3.8) is 0 Å². The van der Waals surface area contributed by atoms with Crippen LogP contribution < -0.4 is 0 Å². The lowest BCUT2D eigenvalue weighted by molar-refractivity contribution is -0.148. The second-order valence-corrected chi connectivity index (χ2v) is 6.77. The van der Waals surface area contributed by atoms with Crippen molar-refractivity contribution >= 4 is 17.7 Å². The summed E-state index contributed by atoms with van der Waals surface area (Å²) in [6.45, 7) is 5.55. The summed E-state index contributed by atoms with van der Waals surface area (Å²) in [5, 5.41) is 4.27. The van der Waals surface area contributed by atoms with Gasteiger partial charge in [0.25, 0.3) is 0 Å². The SMILES string of the molecule is CCS[C@H](C)c1noc(CN2CCCC[C@H]2C(=O)OC)n1. The van der Waals surface area contributed by atoms with E-state index in [1.807, 2.05) is 0 Å². The van der Waals surface area contributed by atoms with E-state index in [1.54, 1.807) is 11.8 Å². The normalized spacial score (nSPS) is 21.2. The zero-order valence-electron chi connectivity index (χ0n) is 12.9. The van der Waals surface area contributed by atoms with Crippen molar-refractivity contribution < 1.29 is 14.1 Å². The van der Waals surface area contributed by atoms with Gasteiger partial charge in [-0.2, -0.15) is 16.7 Å². The molecule has 0 aromatic carbocycles. The fourth-order valence-electron chi connectivity index (χ4n) is 2.58. The zero-order valence-corrected chi connectivity index (χ0v) is 13.7. The number of thioether (sulfide) groups is 1. The number of esters is 1. The highest BCUT2D eigenvalue weighted by molar-refractivity contribution is 7.99. The van der Waals surface area contributed by atoms with Gasteiger partial charge in [0.15, 0.2) is 5.82 Å². The van der Waals surface area contributed by atoms with Gasteiger partial charge in [-0.25, -0.2) is 0 Å². The van der Waals surface area contributed by atoms with E-state index in [0.717, 1.165) is 37.4 Å². The summed E-state index contributed by atoms with van der Waals surface area (Å²) >= 11 is 1.78. The number of nitrogens with zero attached hydrogens (tertiary/aromatic N) is 3. The van der Waals surface area contributed by atoms with E-state index in [2.05, 4.69) is 28.9 Å². The summed E-state index contributed by atoms with van der Waals surface area (Å²) in [4.78, 5) is 18.4. The second-order valence-electron chi connectivity index (χ2n) is 5.15. The first kappa shape index (κ1) is 16.3. The van der Waals surface area contributed by atoms with Crippen molar-refractivity contribution in [2.45, 2.75) is 50.9 Å². The summed E-state index contributed by atoms with van der Waals surface area (Å²) in [5.74, 6) is 2.14. The number of carbonyl (C=O) groups excluding carboxylic acids is 1. The van der Waals surface area contributed by atoms with Gasteiger partial charge in [0.1, 0.15) is 6.04 Å². The Hall–Kier alpha value is -1.08. The molecule has 1 aromatic rings. The summed E-state index contributed by atoms with van der Waals surface area (Å²) < 4.78 is 10.2. The molecule has 0 radical (unpaired) electrons. The van der Waals surface area contributed by atoms with Crippen LogP contribution in [0, 0.1) is 0 Å². The van der Waals surface area contributed by atoms with Crippen molar-refractivity contribution in [3.05, 3.63) is 11.7 Å². The lowest BCUT2D eigenvalue weighted by Gasteiger charge is -2.32. The number of hydrogen-bond acceptors (Lipinski definition) is 7. The molecule has 118 valence electrons. The van der Waals surface area contributed by atoms with Crippen LogP contribution in [0.4, 0.5) is 0 Å². The maximum absolute atomic E-state index is 11.8. The molecule has 1 aliphatic rings. The van der Waals surface area contributed by atoms with Gasteiger partial charge in [-0.05, 0) is 32.1 Å². The van der Waals surface area contributed by atoms with E-state index in [-0.39, 0.29) is 17.3 Å². The van der Waals surface area contributed by atoms with Gasteiger partial charge >= 0.3 is 5.97 Å². The van der Waals surface area contributed by atoms with Gasteiger partial charge in [0, 0.05) is 0 Å². The number of hydrogen-bond donors (Lipinski definition) is 0. The minimum absolute atomic E-state index is 0.177. The number of ether oxygens (including phenoxy) is 1. The fourth-order valence-corrected chi connectivity index (χ4v) is 3.32. The van der Waals surface area contributed by atoms with Crippen LogP contribution >= 0.6 is 11.8 Å². The molecule has 1 fully saturated rings. The zero-order chi connectivity index (χ0) is 15.2. The average molecular weight is 313 g/mol. The van der Waals surface area contributed by atoms with Crippen molar-refractivity contribution in [1.82, 2.24) is 15.0 Å². The van der Waals surface area contributed by atoms with Gasteiger partial charge in [-0.1, -0.05) is 18.5 Å². The molecule has 2 rings (SSSR count). The maximum Gasteiger partial charge on any atom is 0.323 e. The van der Waals surface area contributed by atoms with Crippen LogP contribution in [0.2, 0.25) is 0 Å². The van der Waals surface area contributed by atoms with Crippen molar-refractivity contribution in [1.29, 1.82) is 0 Å². The molecule has 0 aliphatic carbocycles. The quantitative estimate of drug-likeness (QED) is 0.747. The van der Waals surface area contributed by atoms with E-state index < -0.39 is 0 Å². The Morgan fingerprint density at radius 3 is 3.10 bits per heavy atom. The third-order valence-corrected chi connectivity index (χ3v) is 4.73. The largest absolute Gasteiger partial charge is 0.468 e. The summed E-state index contributed by atoms with van der Waals surface area (Å²) in [5.41, 5.74) is 0. The van der Waals surface area contributed by atoms with Gasteiger partial charge in [0.2, 0.25) is 5.89 Å². The number of rotatable bonds is 6. The van der Waals surface area contributed by atoms with Crippen LogP contribution in [0.15, 0.2) is 4.52 Å². The summed E-state index contributed by atoms with van der Waals surface area (Å²) in [7, 11) is 1.43. The number of piperidine rings is 1. The van der Waals surface area contributed by atoms with Gasteiger partial charge < -0.3 is 9.26 Å². The lowest BCUT2D eigenvalue weighted by atomic mass is 10.0. The van der Waals surface area contributed by atoms with Gasteiger partial charge in [-0.3, -0.25) is 9.69 Å². The number of methoxy groups -OCH3 is 1.